The van der Waals surface area contributed by atoms with Gasteiger partial charge in [-0.05, 0) is 26.0 Å². The van der Waals surface area contributed by atoms with E-state index in [2.05, 4.69) is 4.98 Å². The van der Waals surface area contributed by atoms with Gasteiger partial charge in [-0.15, -0.1) is 0 Å². The smallest absolute Gasteiger partial charge is 0.354 e. The van der Waals surface area contributed by atoms with E-state index in [1.54, 1.807) is 0 Å². The number of carboxylic acid groups (broad SMARTS) is 1. The first kappa shape index (κ1) is 12.0. The molecule has 1 rings (SSSR count). The lowest BCUT2D eigenvalue weighted by Gasteiger charge is -2.20. The zero-order chi connectivity index (χ0) is 12.1. The Kier molecular flexibility index (Phi) is 3.84. The number of nitriles is 1. The van der Waals surface area contributed by atoms with Gasteiger partial charge in [0.2, 0.25) is 0 Å². The molecule has 0 spiro atoms. The molecule has 1 N–H and O–H groups in total. The van der Waals surface area contributed by atoms with Gasteiger partial charge in [0.25, 0.3) is 0 Å². The minimum Gasteiger partial charge on any atom is -0.477 e. The van der Waals surface area contributed by atoms with Crippen LogP contribution in [0.2, 0.25) is 0 Å². The predicted octanol–water partition coefficient (Wildman–Crippen LogP) is 1.50. The summed E-state index contributed by atoms with van der Waals surface area (Å²) in [5.41, 5.74) is 0.356. The van der Waals surface area contributed by atoms with Crippen molar-refractivity contribution in [2.75, 3.05) is 18.0 Å². The van der Waals surface area contributed by atoms with Crippen LogP contribution in [0.1, 0.15) is 29.9 Å². The molecule has 0 aliphatic rings. The first-order valence-corrected chi connectivity index (χ1v) is 5.03. The van der Waals surface area contributed by atoms with Crippen LogP contribution < -0.4 is 4.90 Å². The number of rotatable bonds is 4. The van der Waals surface area contributed by atoms with Crippen molar-refractivity contribution in [1.82, 2.24) is 4.98 Å². The van der Waals surface area contributed by atoms with E-state index in [1.165, 1.54) is 12.1 Å². The molecule has 0 fully saturated rings. The van der Waals surface area contributed by atoms with Crippen molar-refractivity contribution >= 4 is 11.8 Å². The van der Waals surface area contributed by atoms with Crippen molar-refractivity contribution in [3.63, 3.8) is 0 Å². The zero-order valence-electron chi connectivity index (χ0n) is 9.27. The maximum Gasteiger partial charge on any atom is 0.354 e. The monoisotopic (exact) mass is 219 g/mol. The Morgan fingerprint density at radius 3 is 2.56 bits per heavy atom. The molecule has 5 nitrogen and oxygen atoms in total. The lowest BCUT2D eigenvalue weighted by atomic mass is 10.2. The first-order chi connectivity index (χ1) is 7.63. The van der Waals surface area contributed by atoms with Crippen LogP contribution in [0.4, 0.5) is 5.82 Å². The third-order valence-corrected chi connectivity index (χ3v) is 2.28. The van der Waals surface area contributed by atoms with E-state index in [-0.39, 0.29) is 5.69 Å². The molecule has 0 aromatic carbocycles. The highest BCUT2D eigenvalue weighted by Crippen LogP contribution is 2.17. The second kappa shape index (κ2) is 5.12. The quantitative estimate of drug-likeness (QED) is 0.830. The molecule has 16 heavy (non-hydrogen) atoms. The van der Waals surface area contributed by atoms with E-state index in [0.717, 1.165) is 0 Å². The van der Waals surface area contributed by atoms with Gasteiger partial charge in [0, 0.05) is 13.1 Å². The Balaban J connectivity index is 3.27. The number of hydrogen-bond acceptors (Lipinski definition) is 4. The summed E-state index contributed by atoms with van der Waals surface area (Å²) in [4.78, 5) is 16.6. The molecule has 1 aromatic heterocycles. The van der Waals surface area contributed by atoms with Crippen LogP contribution in [0.3, 0.4) is 0 Å². The number of pyridine rings is 1. The highest BCUT2D eigenvalue weighted by atomic mass is 16.4. The molecule has 0 bridgehead atoms. The Morgan fingerprint density at radius 1 is 1.50 bits per heavy atom. The SMILES string of the molecule is CCN(CC)c1nc(C(=O)O)ccc1C#N. The minimum atomic E-state index is -1.09. The fourth-order valence-electron chi connectivity index (χ4n) is 1.42. The van der Waals surface area contributed by atoms with Gasteiger partial charge in [-0.3, -0.25) is 0 Å². The average Bonchev–Trinajstić information content (AvgIpc) is 2.30. The van der Waals surface area contributed by atoms with Crippen LogP contribution in [-0.2, 0) is 0 Å². The zero-order valence-corrected chi connectivity index (χ0v) is 9.27. The molecular weight excluding hydrogens is 206 g/mol. The first-order valence-electron chi connectivity index (χ1n) is 5.03. The van der Waals surface area contributed by atoms with Gasteiger partial charge in [0.05, 0.1) is 5.56 Å². The molecule has 5 heteroatoms. The number of carboxylic acids is 1. The molecular formula is C11H13N3O2. The third kappa shape index (κ3) is 2.28. The van der Waals surface area contributed by atoms with Crippen molar-refractivity contribution in [2.45, 2.75) is 13.8 Å². The number of anilines is 1. The van der Waals surface area contributed by atoms with Crippen molar-refractivity contribution < 1.29 is 9.90 Å². The molecule has 84 valence electrons. The lowest BCUT2D eigenvalue weighted by molar-refractivity contribution is 0.0690. The number of hydrogen-bond donors (Lipinski definition) is 1. The second-order valence-corrected chi connectivity index (χ2v) is 3.16. The van der Waals surface area contributed by atoms with Gasteiger partial charge in [-0.2, -0.15) is 5.26 Å². The van der Waals surface area contributed by atoms with Gasteiger partial charge < -0.3 is 10.0 Å². The van der Waals surface area contributed by atoms with Gasteiger partial charge in [0.1, 0.15) is 11.9 Å². The summed E-state index contributed by atoms with van der Waals surface area (Å²) in [6.07, 6.45) is 0. The van der Waals surface area contributed by atoms with Crippen molar-refractivity contribution in [1.29, 1.82) is 5.26 Å². The number of aromatic carboxylic acids is 1. The minimum absolute atomic E-state index is 0.0408. The molecule has 0 amide bonds. The van der Waals surface area contributed by atoms with E-state index in [0.29, 0.717) is 24.5 Å². The molecule has 0 saturated heterocycles. The maximum absolute atomic E-state index is 10.8. The fraction of sp³-hybridized carbons (Fsp3) is 0.364. The Morgan fingerprint density at radius 2 is 2.12 bits per heavy atom. The largest absolute Gasteiger partial charge is 0.477 e. The van der Waals surface area contributed by atoms with Crippen LogP contribution in [0.15, 0.2) is 12.1 Å². The van der Waals surface area contributed by atoms with Crippen LogP contribution in [-0.4, -0.2) is 29.1 Å². The summed E-state index contributed by atoms with van der Waals surface area (Å²) >= 11 is 0. The molecule has 1 heterocycles. The van der Waals surface area contributed by atoms with E-state index in [4.69, 9.17) is 10.4 Å². The molecule has 0 aliphatic heterocycles. The van der Waals surface area contributed by atoms with Crippen LogP contribution in [0, 0.1) is 11.3 Å². The molecule has 0 unspecified atom stereocenters. The fourth-order valence-corrected chi connectivity index (χ4v) is 1.42. The van der Waals surface area contributed by atoms with Crippen LogP contribution in [0.25, 0.3) is 0 Å². The summed E-state index contributed by atoms with van der Waals surface area (Å²) in [6.45, 7) is 5.22. The normalized spacial score (nSPS) is 9.56. The summed E-state index contributed by atoms with van der Waals surface area (Å²) < 4.78 is 0. The standard InChI is InChI=1S/C11H13N3O2/c1-3-14(4-2)10-8(7-12)5-6-9(13-10)11(15)16/h5-6H,3-4H2,1-2H3,(H,15,16). The van der Waals surface area contributed by atoms with E-state index in [9.17, 15) is 4.79 Å². The lowest BCUT2D eigenvalue weighted by Crippen LogP contribution is -2.24. The van der Waals surface area contributed by atoms with Crippen LogP contribution >= 0.6 is 0 Å². The molecule has 0 aliphatic carbocycles. The van der Waals surface area contributed by atoms with Gasteiger partial charge in [-0.25, -0.2) is 9.78 Å². The maximum atomic E-state index is 10.8. The molecule has 1 aromatic rings. The Labute approximate surface area is 93.9 Å². The summed E-state index contributed by atoms with van der Waals surface area (Å²) in [5, 5.41) is 17.8. The highest BCUT2D eigenvalue weighted by molar-refractivity contribution is 5.86. The van der Waals surface area contributed by atoms with Crippen molar-refractivity contribution in [3.8, 4) is 6.07 Å². The number of carbonyl (C=O) groups is 1. The Hall–Kier alpha value is -2.09. The topological polar surface area (TPSA) is 77.2 Å². The average molecular weight is 219 g/mol. The number of nitrogens with zero attached hydrogens (tertiary/aromatic N) is 3. The molecule has 0 radical (unpaired) electrons. The summed E-state index contributed by atoms with van der Waals surface area (Å²) in [5.74, 6) is -0.648. The summed E-state index contributed by atoms with van der Waals surface area (Å²) in [6, 6.07) is 4.85. The summed E-state index contributed by atoms with van der Waals surface area (Å²) in [7, 11) is 0. The van der Waals surface area contributed by atoms with Crippen LogP contribution in [0.5, 0.6) is 0 Å². The number of aromatic nitrogens is 1. The van der Waals surface area contributed by atoms with Crippen molar-refractivity contribution in [2.24, 2.45) is 0 Å². The Bertz CT molecular complexity index is 433. The second-order valence-electron chi connectivity index (χ2n) is 3.16. The van der Waals surface area contributed by atoms with E-state index < -0.39 is 5.97 Å². The molecule has 0 saturated carbocycles. The third-order valence-electron chi connectivity index (χ3n) is 2.28. The van der Waals surface area contributed by atoms with Crippen molar-refractivity contribution in [3.05, 3.63) is 23.4 Å². The van der Waals surface area contributed by atoms with Gasteiger partial charge in [-0.1, -0.05) is 0 Å². The highest BCUT2D eigenvalue weighted by Gasteiger charge is 2.13. The molecule has 0 atom stereocenters. The predicted molar refractivity (Wildman–Crippen MR) is 59.5 cm³/mol. The van der Waals surface area contributed by atoms with E-state index >= 15 is 0 Å². The van der Waals surface area contributed by atoms with E-state index in [1.807, 2.05) is 24.8 Å². The van der Waals surface area contributed by atoms with Gasteiger partial charge >= 0.3 is 5.97 Å². The van der Waals surface area contributed by atoms with Gasteiger partial charge in [0.15, 0.2) is 5.69 Å².